The molecule has 0 spiro atoms. The van der Waals surface area contributed by atoms with Crippen LogP contribution in [0.2, 0.25) is 0 Å². The molecular weight excluding hydrogens is 204 g/mol. The first-order chi connectivity index (χ1) is 7.70. The first kappa shape index (κ1) is 12.3. The van der Waals surface area contributed by atoms with E-state index in [-0.39, 0.29) is 11.6 Å². The van der Waals surface area contributed by atoms with Crippen LogP contribution in [-0.4, -0.2) is 23.3 Å². The molecule has 0 atom stereocenters. The van der Waals surface area contributed by atoms with Crippen LogP contribution in [0.1, 0.15) is 34.1 Å². The van der Waals surface area contributed by atoms with Crippen LogP contribution in [0.3, 0.4) is 0 Å². The largest absolute Gasteiger partial charge is 0.396 e. The Hall–Kier alpha value is -1.74. The maximum atomic E-state index is 11.2. The van der Waals surface area contributed by atoms with E-state index in [0.717, 1.165) is 6.42 Å². The zero-order valence-corrected chi connectivity index (χ0v) is 9.14. The lowest BCUT2D eigenvalue weighted by atomic mass is 9.95. The third-order valence-corrected chi connectivity index (χ3v) is 2.07. The van der Waals surface area contributed by atoms with E-state index in [1.54, 1.807) is 24.3 Å². The van der Waals surface area contributed by atoms with E-state index in [2.05, 4.69) is 0 Å². The number of carbonyl (C=O) groups is 2. The highest BCUT2D eigenvalue weighted by molar-refractivity contribution is 6.21. The summed E-state index contributed by atoms with van der Waals surface area (Å²) in [6.45, 7) is 2.25. The standard InChI is InChI=1S/C10H6O2.C3H8O/c11-9-5-6-10(12)8-4-2-1-3-7(8)9;1-2-3-4/h1-6H;4H,2-3H2,1H3. The molecule has 0 saturated carbocycles. The van der Waals surface area contributed by atoms with Gasteiger partial charge in [0.2, 0.25) is 0 Å². The zero-order valence-electron chi connectivity index (χ0n) is 9.14. The molecule has 3 heteroatoms. The minimum atomic E-state index is -0.0924. The van der Waals surface area contributed by atoms with Gasteiger partial charge < -0.3 is 5.11 Å². The van der Waals surface area contributed by atoms with Crippen molar-refractivity contribution in [3.63, 3.8) is 0 Å². The number of ketones is 2. The van der Waals surface area contributed by atoms with E-state index in [1.807, 2.05) is 6.92 Å². The van der Waals surface area contributed by atoms with Crippen molar-refractivity contribution in [3.05, 3.63) is 47.5 Å². The van der Waals surface area contributed by atoms with Crippen LogP contribution in [0.15, 0.2) is 36.4 Å². The van der Waals surface area contributed by atoms with Crippen LogP contribution < -0.4 is 0 Å². The second kappa shape index (κ2) is 5.98. The zero-order chi connectivity index (χ0) is 12.0. The van der Waals surface area contributed by atoms with Crippen LogP contribution in [0.4, 0.5) is 0 Å². The van der Waals surface area contributed by atoms with Gasteiger partial charge in [-0.3, -0.25) is 9.59 Å². The van der Waals surface area contributed by atoms with E-state index in [4.69, 9.17) is 5.11 Å². The molecule has 1 aromatic rings. The molecule has 1 N–H and O–H groups in total. The third-order valence-electron chi connectivity index (χ3n) is 2.07. The van der Waals surface area contributed by atoms with Gasteiger partial charge in [0.05, 0.1) is 0 Å². The highest BCUT2D eigenvalue weighted by Gasteiger charge is 2.16. The topological polar surface area (TPSA) is 54.4 Å². The number of aliphatic hydroxyl groups is 1. The Balaban J connectivity index is 0.000000280. The molecule has 1 aliphatic carbocycles. The molecule has 84 valence electrons. The number of rotatable bonds is 1. The van der Waals surface area contributed by atoms with Crippen molar-refractivity contribution < 1.29 is 14.7 Å². The van der Waals surface area contributed by atoms with Gasteiger partial charge in [-0.25, -0.2) is 0 Å². The summed E-state index contributed by atoms with van der Waals surface area (Å²) in [7, 11) is 0. The van der Waals surface area contributed by atoms with Crippen molar-refractivity contribution in [1.82, 2.24) is 0 Å². The highest BCUT2D eigenvalue weighted by atomic mass is 16.2. The fourth-order valence-corrected chi connectivity index (χ4v) is 1.24. The molecule has 0 heterocycles. The predicted octanol–water partition coefficient (Wildman–Crippen LogP) is 2.01. The fraction of sp³-hybridized carbons (Fsp3) is 0.231. The number of carbonyl (C=O) groups excluding carboxylic acids is 2. The molecule has 0 bridgehead atoms. The van der Waals surface area contributed by atoms with Crippen molar-refractivity contribution in [1.29, 1.82) is 0 Å². The summed E-state index contributed by atoms with van der Waals surface area (Å²) < 4.78 is 0. The Morgan fingerprint density at radius 2 is 1.38 bits per heavy atom. The summed E-state index contributed by atoms with van der Waals surface area (Å²) in [4.78, 5) is 22.4. The lowest BCUT2D eigenvalue weighted by molar-refractivity contribution is 0.0994. The lowest BCUT2D eigenvalue weighted by Gasteiger charge is -2.06. The summed E-state index contributed by atoms with van der Waals surface area (Å²) in [6.07, 6.45) is 3.50. The normalized spacial score (nSPS) is 12.9. The van der Waals surface area contributed by atoms with E-state index >= 15 is 0 Å². The Kier molecular flexibility index (Phi) is 4.61. The molecular formula is C13H14O3. The first-order valence-electron chi connectivity index (χ1n) is 5.17. The van der Waals surface area contributed by atoms with Crippen molar-refractivity contribution in [2.24, 2.45) is 0 Å². The van der Waals surface area contributed by atoms with Crippen LogP contribution in [0.25, 0.3) is 0 Å². The number of hydrogen-bond acceptors (Lipinski definition) is 3. The molecule has 1 aromatic carbocycles. The Morgan fingerprint density at radius 1 is 1.00 bits per heavy atom. The van der Waals surface area contributed by atoms with E-state index in [0.29, 0.717) is 17.7 Å². The Bertz CT molecular complexity index is 380. The third kappa shape index (κ3) is 2.87. The van der Waals surface area contributed by atoms with Gasteiger partial charge in [-0.05, 0) is 18.6 Å². The quantitative estimate of drug-likeness (QED) is 0.784. The molecule has 0 aliphatic heterocycles. The van der Waals surface area contributed by atoms with Crippen LogP contribution in [-0.2, 0) is 0 Å². The van der Waals surface area contributed by atoms with Gasteiger partial charge in [0.1, 0.15) is 0 Å². The molecule has 0 aromatic heterocycles. The van der Waals surface area contributed by atoms with E-state index < -0.39 is 0 Å². The number of allylic oxidation sites excluding steroid dienone is 2. The Morgan fingerprint density at radius 3 is 1.69 bits per heavy atom. The van der Waals surface area contributed by atoms with Crippen LogP contribution in [0.5, 0.6) is 0 Å². The summed E-state index contributed by atoms with van der Waals surface area (Å²) in [5.74, 6) is -0.185. The SMILES string of the molecule is CCCO.O=C1C=CC(=O)c2ccccc21. The molecule has 0 amide bonds. The van der Waals surface area contributed by atoms with Crippen LogP contribution >= 0.6 is 0 Å². The fourth-order valence-electron chi connectivity index (χ4n) is 1.24. The molecule has 0 unspecified atom stereocenters. The van der Waals surface area contributed by atoms with E-state index in [1.165, 1.54) is 12.2 Å². The lowest BCUT2D eigenvalue weighted by Crippen LogP contribution is -2.10. The highest BCUT2D eigenvalue weighted by Crippen LogP contribution is 2.15. The van der Waals surface area contributed by atoms with E-state index in [9.17, 15) is 9.59 Å². The van der Waals surface area contributed by atoms with Gasteiger partial charge >= 0.3 is 0 Å². The average Bonchev–Trinajstić information content (AvgIpc) is 2.35. The summed E-state index contributed by atoms with van der Waals surface area (Å²) in [6, 6.07) is 6.84. The number of hydrogen-bond donors (Lipinski definition) is 1. The Labute approximate surface area is 94.4 Å². The maximum Gasteiger partial charge on any atom is 0.186 e. The van der Waals surface area contributed by atoms with Gasteiger partial charge in [-0.15, -0.1) is 0 Å². The number of benzene rings is 1. The minimum absolute atomic E-state index is 0.0924. The molecule has 0 saturated heterocycles. The smallest absolute Gasteiger partial charge is 0.186 e. The minimum Gasteiger partial charge on any atom is -0.396 e. The van der Waals surface area contributed by atoms with Crippen molar-refractivity contribution in [2.45, 2.75) is 13.3 Å². The second-order valence-electron chi connectivity index (χ2n) is 3.33. The van der Waals surface area contributed by atoms with Gasteiger partial charge in [0, 0.05) is 17.7 Å². The molecule has 16 heavy (non-hydrogen) atoms. The van der Waals surface area contributed by atoms with Gasteiger partial charge in [-0.2, -0.15) is 0 Å². The molecule has 1 aliphatic rings. The predicted molar refractivity (Wildman–Crippen MR) is 61.6 cm³/mol. The van der Waals surface area contributed by atoms with Gasteiger partial charge in [0.25, 0.3) is 0 Å². The summed E-state index contributed by atoms with van der Waals surface area (Å²) in [5, 5.41) is 7.88. The molecule has 2 rings (SSSR count). The second-order valence-corrected chi connectivity index (χ2v) is 3.33. The average molecular weight is 218 g/mol. The van der Waals surface area contributed by atoms with Gasteiger partial charge in [-0.1, -0.05) is 31.2 Å². The monoisotopic (exact) mass is 218 g/mol. The van der Waals surface area contributed by atoms with Crippen molar-refractivity contribution in [2.75, 3.05) is 6.61 Å². The van der Waals surface area contributed by atoms with Crippen molar-refractivity contribution >= 4 is 11.6 Å². The molecule has 3 nitrogen and oxygen atoms in total. The number of fused-ring (bicyclic) bond motifs is 1. The van der Waals surface area contributed by atoms with Crippen LogP contribution in [0, 0.1) is 0 Å². The summed E-state index contributed by atoms with van der Waals surface area (Å²) >= 11 is 0. The van der Waals surface area contributed by atoms with Gasteiger partial charge in [0.15, 0.2) is 11.6 Å². The summed E-state index contributed by atoms with van der Waals surface area (Å²) in [5.41, 5.74) is 1.01. The molecule has 0 radical (unpaired) electrons. The van der Waals surface area contributed by atoms with Crippen molar-refractivity contribution in [3.8, 4) is 0 Å². The first-order valence-corrected chi connectivity index (χ1v) is 5.17. The molecule has 0 fully saturated rings. The maximum absolute atomic E-state index is 11.2. The number of aliphatic hydroxyl groups excluding tert-OH is 1.